The molecule has 1 unspecified atom stereocenters. The van der Waals surface area contributed by atoms with Gasteiger partial charge in [0, 0.05) is 12.5 Å². The maximum Gasteiger partial charge on any atom is 0.285 e. The molecular weight excluding hydrogens is 222 g/mol. The average Bonchev–Trinajstić information content (AvgIpc) is 2.78. The predicted molar refractivity (Wildman–Crippen MR) is 59.1 cm³/mol. The summed E-state index contributed by atoms with van der Waals surface area (Å²) >= 11 is 1.18. The summed E-state index contributed by atoms with van der Waals surface area (Å²) in [6, 6.07) is 9.78. The monoisotopic (exact) mass is 233 g/mol. The zero-order chi connectivity index (χ0) is 11.5. The largest absolute Gasteiger partial charge is 0.539 e. The van der Waals surface area contributed by atoms with Gasteiger partial charge in [-0.1, -0.05) is 41.7 Å². The lowest BCUT2D eigenvalue weighted by Gasteiger charge is -2.07. The summed E-state index contributed by atoms with van der Waals surface area (Å²) in [4.78, 5) is 10.9. The Kier molecular flexibility index (Phi) is 3.01. The van der Waals surface area contributed by atoms with E-state index in [9.17, 15) is 9.90 Å². The first-order chi connectivity index (χ1) is 7.70. The summed E-state index contributed by atoms with van der Waals surface area (Å²) in [7, 11) is 0. The van der Waals surface area contributed by atoms with Crippen LogP contribution in [0.2, 0.25) is 0 Å². The number of aromatic nitrogens is 1. The van der Waals surface area contributed by atoms with Crippen LogP contribution in [0.15, 0.2) is 41.9 Å². The van der Waals surface area contributed by atoms with Gasteiger partial charge in [0.05, 0.1) is 5.38 Å². The van der Waals surface area contributed by atoms with Crippen LogP contribution in [0.25, 0.3) is 0 Å². The van der Waals surface area contributed by atoms with Crippen LogP contribution in [0.5, 0.6) is 0 Å². The van der Waals surface area contributed by atoms with Gasteiger partial charge in [0.1, 0.15) is 0 Å². The highest BCUT2D eigenvalue weighted by Crippen LogP contribution is 2.14. The molecule has 0 saturated carbocycles. The molecule has 0 saturated heterocycles. The highest BCUT2D eigenvalue weighted by molar-refractivity contribution is 7.11. The molecule has 0 bridgehead atoms. The van der Waals surface area contributed by atoms with Crippen LogP contribution in [-0.2, 0) is 0 Å². The van der Waals surface area contributed by atoms with Crippen molar-refractivity contribution in [1.29, 1.82) is 0 Å². The number of rotatable bonds is 3. The van der Waals surface area contributed by atoms with Gasteiger partial charge in [-0.15, -0.1) is 0 Å². The Balaban J connectivity index is 2.38. The van der Waals surface area contributed by atoms with Crippen molar-refractivity contribution in [2.75, 3.05) is 0 Å². The van der Waals surface area contributed by atoms with E-state index in [4.69, 9.17) is 0 Å². The van der Waals surface area contributed by atoms with Gasteiger partial charge in [-0.2, -0.15) is 4.57 Å². The van der Waals surface area contributed by atoms with Crippen LogP contribution in [0.4, 0.5) is 0 Å². The number of carboxylic acid groups (broad SMARTS) is 1. The van der Waals surface area contributed by atoms with Gasteiger partial charge in [-0.3, -0.25) is 0 Å². The average molecular weight is 233 g/mol. The van der Waals surface area contributed by atoms with Crippen LogP contribution in [0, 0.1) is 0 Å². The highest BCUT2D eigenvalue weighted by atomic mass is 32.1. The number of carbonyl (C=O) groups excluding carboxylic acids is 1. The van der Waals surface area contributed by atoms with Crippen LogP contribution >= 0.6 is 11.3 Å². The number of thiazole rings is 1. The Morgan fingerprint density at radius 3 is 2.69 bits per heavy atom. The molecule has 16 heavy (non-hydrogen) atoms. The second kappa shape index (κ2) is 4.45. The Morgan fingerprint density at radius 1 is 1.38 bits per heavy atom. The maximum absolute atomic E-state index is 10.9. The lowest BCUT2D eigenvalue weighted by molar-refractivity contribution is -0.709. The Bertz CT molecular complexity index is 493. The standard InChI is InChI=1S/C12H11NO2S/c1-9(10-5-3-2-4-6-10)13-7-8-16-11(13)12(14)15/h2-9H,1H3. The summed E-state index contributed by atoms with van der Waals surface area (Å²) < 4.78 is 1.72. The van der Waals surface area contributed by atoms with Gasteiger partial charge >= 0.3 is 0 Å². The van der Waals surface area contributed by atoms with E-state index in [1.807, 2.05) is 37.3 Å². The molecule has 2 rings (SSSR count). The van der Waals surface area contributed by atoms with Crippen LogP contribution in [-0.4, -0.2) is 5.97 Å². The molecule has 0 amide bonds. The second-order valence-corrected chi connectivity index (χ2v) is 4.38. The minimum absolute atomic E-state index is 0.000324. The molecule has 0 spiro atoms. The summed E-state index contributed by atoms with van der Waals surface area (Å²) in [5, 5.41) is 12.9. The number of benzene rings is 1. The minimum atomic E-state index is -1.13. The molecule has 1 heterocycles. The van der Waals surface area contributed by atoms with E-state index in [2.05, 4.69) is 0 Å². The SMILES string of the molecule is CC(c1ccccc1)[n+]1ccsc1C(=O)[O-]. The molecular formula is C12H11NO2S. The zero-order valence-corrected chi connectivity index (χ0v) is 9.61. The van der Waals surface area contributed by atoms with Crippen molar-refractivity contribution in [1.82, 2.24) is 0 Å². The molecule has 0 aliphatic heterocycles. The maximum atomic E-state index is 10.9. The van der Waals surface area contributed by atoms with Gasteiger partial charge in [0.2, 0.25) is 0 Å². The summed E-state index contributed by atoms with van der Waals surface area (Å²) in [5.41, 5.74) is 1.08. The van der Waals surface area contributed by atoms with E-state index >= 15 is 0 Å². The third kappa shape index (κ3) is 1.97. The van der Waals surface area contributed by atoms with Gasteiger partial charge in [0.25, 0.3) is 5.01 Å². The molecule has 0 fully saturated rings. The lowest BCUT2D eigenvalue weighted by Crippen LogP contribution is -2.44. The summed E-state index contributed by atoms with van der Waals surface area (Å²) in [6.07, 6.45) is 1.77. The zero-order valence-electron chi connectivity index (χ0n) is 8.79. The van der Waals surface area contributed by atoms with Crippen molar-refractivity contribution in [3.8, 4) is 0 Å². The summed E-state index contributed by atoms with van der Waals surface area (Å²) in [6.45, 7) is 1.97. The van der Waals surface area contributed by atoms with Crippen LogP contribution in [0.1, 0.15) is 28.3 Å². The molecule has 1 aromatic carbocycles. The molecule has 4 heteroatoms. The first-order valence-corrected chi connectivity index (χ1v) is 5.83. The first kappa shape index (κ1) is 10.8. The Hall–Kier alpha value is -1.68. The van der Waals surface area contributed by atoms with Gasteiger partial charge in [-0.25, -0.2) is 0 Å². The van der Waals surface area contributed by atoms with Crippen molar-refractivity contribution in [2.24, 2.45) is 0 Å². The van der Waals surface area contributed by atoms with E-state index in [0.29, 0.717) is 0 Å². The molecule has 82 valence electrons. The second-order valence-electron chi connectivity index (χ2n) is 3.49. The fourth-order valence-electron chi connectivity index (χ4n) is 1.64. The summed E-state index contributed by atoms with van der Waals surface area (Å²) in [5.74, 6) is -1.13. The molecule has 1 aromatic heterocycles. The molecule has 2 aromatic rings. The van der Waals surface area contributed by atoms with Gasteiger partial charge in [0.15, 0.2) is 18.2 Å². The molecule has 3 nitrogen and oxygen atoms in total. The van der Waals surface area contributed by atoms with Gasteiger partial charge < -0.3 is 9.90 Å². The number of hydrogen-bond donors (Lipinski definition) is 0. The van der Waals surface area contributed by atoms with Crippen molar-refractivity contribution in [2.45, 2.75) is 13.0 Å². The van der Waals surface area contributed by atoms with Crippen molar-refractivity contribution in [3.05, 3.63) is 52.5 Å². The van der Waals surface area contributed by atoms with Crippen LogP contribution < -0.4 is 9.67 Å². The van der Waals surface area contributed by atoms with Crippen molar-refractivity contribution < 1.29 is 14.5 Å². The number of aromatic carboxylic acids is 1. The quantitative estimate of drug-likeness (QED) is 0.743. The topological polar surface area (TPSA) is 44.0 Å². The van der Waals surface area contributed by atoms with Gasteiger partial charge in [-0.05, 0) is 0 Å². The van der Waals surface area contributed by atoms with Crippen LogP contribution in [0.3, 0.4) is 0 Å². The third-order valence-corrected chi connectivity index (χ3v) is 3.37. The lowest BCUT2D eigenvalue weighted by atomic mass is 10.1. The normalized spacial score (nSPS) is 12.3. The first-order valence-electron chi connectivity index (χ1n) is 4.95. The van der Waals surface area contributed by atoms with E-state index in [-0.39, 0.29) is 11.0 Å². The fraction of sp³-hybridized carbons (Fsp3) is 0.167. The number of carbonyl (C=O) groups is 1. The number of nitrogens with zero attached hydrogens (tertiary/aromatic N) is 1. The van der Waals surface area contributed by atoms with E-state index in [0.717, 1.165) is 5.56 Å². The number of hydrogen-bond acceptors (Lipinski definition) is 3. The predicted octanol–water partition coefficient (Wildman–Crippen LogP) is 1.01. The molecule has 0 aliphatic rings. The molecule has 0 radical (unpaired) electrons. The fourth-order valence-corrected chi connectivity index (χ4v) is 2.40. The molecule has 1 atom stereocenters. The Labute approximate surface area is 97.6 Å². The third-order valence-electron chi connectivity index (χ3n) is 2.51. The Morgan fingerprint density at radius 2 is 2.06 bits per heavy atom. The van der Waals surface area contributed by atoms with E-state index in [1.54, 1.807) is 16.1 Å². The smallest absolute Gasteiger partial charge is 0.285 e. The minimum Gasteiger partial charge on any atom is -0.539 e. The van der Waals surface area contributed by atoms with Crippen molar-refractivity contribution in [3.63, 3.8) is 0 Å². The molecule has 0 N–H and O–H groups in total. The van der Waals surface area contributed by atoms with E-state index < -0.39 is 5.97 Å². The van der Waals surface area contributed by atoms with Crippen molar-refractivity contribution >= 4 is 17.3 Å². The number of carboxylic acids is 1. The molecule has 0 aliphatic carbocycles. The van der Waals surface area contributed by atoms with E-state index in [1.165, 1.54) is 11.3 Å². The highest BCUT2D eigenvalue weighted by Gasteiger charge is 2.21.